The van der Waals surface area contributed by atoms with Crippen LogP contribution in [0.25, 0.3) is 0 Å². The quantitative estimate of drug-likeness (QED) is 0.885. The molecule has 6 nitrogen and oxygen atoms in total. The van der Waals surface area contributed by atoms with Crippen molar-refractivity contribution in [3.63, 3.8) is 0 Å². The highest BCUT2D eigenvalue weighted by atomic mass is 16.2. The summed E-state index contributed by atoms with van der Waals surface area (Å²) >= 11 is 0. The summed E-state index contributed by atoms with van der Waals surface area (Å²) in [7, 11) is 0. The largest absolute Gasteiger partial charge is 0.349 e. The van der Waals surface area contributed by atoms with Crippen molar-refractivity contribution in [1.29, 1.82) is 0 Å². The van der Waals surface area contributed by atoms with Gasteiger partial charge in [0.25, 0.3) is 5.91 Å². The second-order valence-corrected chi connectivity index (χ2v) is 6.34. The monoisotopic (exact) mass is 327 g/mol. The molecule has 1 fully saturated rings. The topological polar surface area (TPSA) is 73.9 Å². The normalized spacial score (nSPS) is 17.2. The molecule has 1 aromatic heterocycles. The van der Waals surface area contributed by atoms with E-state index in [4.69, 9.17) is 0 Å². The maximum Gasteiger partial charge on any atom is 0.273 e. The number of H-pyrrole nitrogens is 1. The van der Waals surface area contributed by atoms with E-state index in [2.05, 4.69) is 49.9 Å². The highest BCUT2D eigenvalue weighted by Crippen LogP contribution is 2.23. The number of amides is 1. The van der Waals surface area contributed by atoms with Crippen LogP contribution < -0.4 is 5.32 Å². The Bertz CT molecular complexity index is 646. The summed E-state index contributed by atoms with van der Waals surface area (Å²) in [5.41, 5.74) is 2.24. The molecule has 2 heterocycles. The predicted molar refractivity (Wildman–Crippen MR) is 92.7 cm³/mol. The smallest absolute Gasteiger partial charge is 0.273 e. The lowest BCUT2D eigenvalue weighted by Gasteiger charge is -2.31. The van der Waals surface area contributed by atoms with Crippen molar-refractivity contribution in [2.75, 3.05) is 19.6 Å². The summed E-state index contributed by atoms with van der Waals surface area (Å²) < 4.78 is 0. The lowest BCUT2D eigenvalue weighted by Crippen LogP contribution is -2.39. The average molecular weight is 327 g/mol. The minimum Gasteiger partial charge on any atom is -0.349 e. The Morgan fingerprint density at radius 3 is 2.50 bits per heavy atom. The minimum atomic E-state index is -0.169. The standard InChI is InChI=1S/C18H25N5O/c1-14-17(21-22-20-14)18(24)19-13-16(15-9-5-4-6-10-15)23-11-7-2-3-8-12-23/h4-6,9-10,16H,2-3,7-8,11-13H2,1H3,(H,19,24)(H,20,21,22). The Morgan fingerprint density at radius 1 is 1.17 bits per heavy atom. The van der Waals surface area contributed by atoms with Crippen LogP contribution in [-0.4, -0.2) is 45.9 Å². The second-order valence-electron chi connectivity index (χ2n) is 6.34. The van der Waals surface area contributed by atoms with Gasteiger partial charge in [0.15, 0.2) is 5.69 Å². The second kappa shape index (κ2) is 8.06. The number of aryl methyl sites for hydroxylation is 1. The fourth-order valence-corrected chi connectivity index (χ4v) is 3.31. The van der Waals surface area contributed by atoms with Crippen LogP contribution in [0.5, 0.6) is 0 Å². The number of hydrogen-bond acceptors (Lipinski definition) is 4. The Balaban J connectivity index is 1.72. The van der Waals surface area contributed by atoms with E-state index in [-0.39, 0.29) is 11.9 Å². The van der Waals surface area contributed by atoms with E-state index in [1.54, 1.807) is 6.92 Å². The van der Waals surface area contributed by atoms with Gasteiger partial charge in [-0.2, -0.15) is 15.4 Å². The molecule has 2 N–H and O–H groups in total. The zero-order valence-electron chi connectivity index (χ0n) is 14.2. The van der Waals surface area contributed by atoms with E-state index in [0.29, 0.717) is 17.9 Å². The molecule has 0 radical (unpaired) electrons. The summed E-state index contributed by atoms with van der Waals surface area (Å²) in [5, 5.41) is 13.4. The third-order valence-corrected chi connectivity index (χ3v) is 4.66. The van der Waals surface area contributed by atoms with Gasteiger partial charge >= 0.3 is 0 Å². The van der Waals surface area contributed by atoms with E-state index in [1.807, 2.05) is 6.07 Å². The number of carbonyl (C=O) groups is 1. The lowest BCUT2D eigenvalue weighted by atomic mass is 10.0. The summed E-state index contributed by atoms with van der Waals surface area (Å²) in [4.78, 5) is 14.9. The fourth-order valence-electron chi connectivity index (χ4n) is 3.31. The zero-order chi connectivity index (χ0) is 16.8. The summed E-state index contributed by atoms with van der Waals surface area (Å²) in [6.07, 6.45) is 5.03. The molecule has 1 atom stereocenters. The maximum absolute atomic E-state index is 12.4. The molecule has 1 unspecified atom stereocenters. The van der Waals surface area contributed by atoms with E-state index >= 15 is 0 Å². The number of hydrogen-bond donors (Lipinski definition) is 2. The van der Waals surface area contributed by atoms with Crippen molar-refractivity contribution in [3.8, 4) is 0 Å². The molecule has 128 valence electrons. The molecule has 1 aliphatic rings. The Hall–Kier alpha value is -2.21. The Labute approximate surface area is 142 Å². The molecular formula is C18H25N5O. The van der Waals surface area contributed by atoms with Crippen molar-refractivity contribution in [2.24, 2.45) is 0 Å². The van der Waals surface area contributed by atoms with E-state index in [0.717, 1.165) is 13.1 Å². The van der Waals surface area contributed by atoms with Crippen LogP contribution in [0.1, 0.15) is 53.5 Å². The van der Waals surface area contributed by atoms with Crippen molar-refractivity contribution >= 4 is 5.91 Å². The Kier molecular flexibility index (Phi) is 5.59. The predicted octanol–water partition coefficient (Wildman–Crippen LogP) is 2.46. The van der Waals surface area contributed by atoms with Crippen molar-refractivity contribution in [3.05, 3.63) is 47.3 Å². The molecular weight excluding hydrogens is 302 g/mol. The first-order valence-corrected chi connectivity index (χ1v) is 8.70. The Morgan fingerprint density at radius 2 is 1.88 bits per heavy atom. The molecule has 1 saturated heterocycles. The molecule has 1 aliphatic heterocycles. The molecule has 6 heteroatoms. The molecule has 0 spiro atoms. The van der Waals surface area contributed by atoms with Crippen molar-refractivity contribution < 1.29 is 4.79 Å². The molecule has 24 heavy (non-hydrogen) atoms. The number of nitrogens with zero attached hydrogens (tertiary/aromatic N) is 3. The van der Waals surface area contributed by atoms with Gasteiger partial charge in [0.05, 0.1) is 11.7 Å². The van der Waals surface area contributed by atoms with Gasteiger partial charge in [-0.05, 0) is 38.4 Å². The van der Waals surface area contributed by atoms with Crippen LogP contribution in [0.2, 0.25) is 0 Å². The van der Waals surface area contributed by atoms with Gasteiger partial charge in [-0.15, -0.1) is 0 Å². The first-order valence-electron chi connectivity index (χ1n) is 8.70. The molecule has 0 bridgehead atoms. The van der Waals surface area contributed by atoms with Crippen LogP contribution in [0, 0.1) is 6.92 Å². The van der Waals surface area contributed by atoms with Crippen LogP contribution >= 0.6 is 0 Å². The van der Waals surface area contributed by atoms with Crippen LogP contribution in [-0.2, 0) is 0 Å². The summed E-state index contributed by atoms with van der Waals surface area (Å²) in [6, 6.07) is 10.6. The fraction of sp³-hybridized carbons (Fsp3) is 0.500. The molecule has 2 aromatic rings. The van der Waals surface area contributed by atoms with Crippen LogP contribution in [0.3, 0.4) is 0 Å². The SMILES string of the molecule is Cc1n[nH]nc1C(=O)NCC(c1ccccc1)N1CCCCCC1. The van der Waals surface area contributed by atoms with Gasteiger partial charge in [0.1, 0.15) is 0 Å². The van der Waals surface area contributed by atoms with E-state index in [9.17, 15) is 4.79 Å². The summed E-state index contributed by atoms with van der Waals surface area (Å²) in [5.74, 6) is -0.169. The molecule has 0 saturated carbocycles. The maximum atomic E-state index is 12.4. The summed E-state index contributed by atoms with van der Waals surface area (Å²) in [6.45, 7) is 4.52. The van der Waals surface area contributed by atoms with E-state index in [1.165, 1.54) is 31.2 Å². The molecule has 0 aliphatic carbocycles. The first-order chi connectivity index (χ1) is 11.8. The third-order valence-electron chi connectivity index (χ3n) is 4.66. The number of nitrogens with one attached hydrogen (secondary N) is 2. The number of likely N-dealkylation sites (tertiary alicyclic amines) is 1. The van der Waals surface area contributed by atoms with Crippen molar-refractivity contribution in [2.45, 2.75) is 38.6 Å². The molecule has 1 amide bonds. The zero-order valence-corrected chi connectivity index (χ0v) is 14.2. The average Bonchev–Trinajstić information content (AvgIpc) is 2.86. The molecule has 3 rings (SSSR count). The van der Waals surface area contributed by atoms with Gasteiger partial charge in [-0.1, -0.05) is 43.2 Å². The number of rotatable bonds is 5. The highest BCUT2D eigenvalue weighted by molar-refractivity contribution is 5.93. The number of carbonyl (C=O) groups excluding carboxylic acids is 1. The van der Waals surface area contributed by atoms with Gasteiger partial charge in [-0.3, -0.25) is 9.69 Å². The van der Waals surface area contributed by atoms with Gasteiger partial charge < -0.3 is 5.32 Å². The number of aromatic nitrogens is 3. The third kappa shape index (κ3) is 4.00. The number of benzene rings is 1. The minimum absolute atomic E-state index is 0.169. The van der Waals surface area contributed by atoms with Crippen molar-refractivity contribution in [1.82, 2.24) is 25.6 Å². The van der Waals surface area contributed by atoms with Crippen LogP contribution in [0.4, 0.5) is 0 Å². The highest BCUT2D eigenvalue weighted by Gasteiger charge is 2.23. The lowest BCUT2D eigenvalue weighted by molar-refractivity contribution is 0.0927. The van der Waals surface area contributed by atoms with Gasteiger partial charge in [0, 0.05) is 6.54 Å². The van der Waals surface area contributed by atoms with Crippen LogP contribution in [0.15, 0.2) is 30.3 Å². The van der Waals surface area contributed by atoms with Gasteiger partial charge in [0.2, 0.25) is 0 Å². The number of aromatic amines is 1. The van der Waals surface area contributed by atoms with Gasteiger partial charge in [-0.25, -0.2) is 0 Å². The first kappa shape index (κ1) is 16.6. The van der Waals surface area contributed by atoms with E-state index < -0.39 is 0 Å². The molecule has 1 aromatic carbocycles.